The molecule has 0 aliphatic heterocycles. The largest absolute Gasteiger partial charge is 0.490 e. The number of hydrogen-bond donors (Lipinski definition) is 5. The van der Waals surface area contributed by atoms with E-state index in [1.165, 1.54) is 18.2 Å². The van der Waals surface area contributed by atoms with Crippen LogP contribution in [0, 0.1) is 11.3 Å². The molecule has 0 saturated heterocycles. The van der Waals surface area contributed by atoms with Crippen LogP contribution in [0.25, 0.3) is 0 Å². The van der Waals surface area contributed by atoms with E-state index in [0.717, 1.165) is 0 Å². The highest BCUT2D eigenvalue weighted by atomic mass is 19.4. The van der Waals surface area contributed by atoms with Gasteiger partial charge in [-0.2, -0.15) is 13.2 Å². The fraction of sp³-hybridized carbons (Fsp3) is 0.286. The number of hydrogen-bond acceptors (Lipinski definition) is 7. The number of furan rings is 1. The third kappa shape index (κ3) is 10.4. The standard InChI is InChI=1S/C19H21N3O6.C2HF3O2/c1-11(18(25)22-9-8-16(23)24)10-14-6-7-15(27-14)19(26)28-13-4-2-12(3-5-13)17(20)21;3-2(4,5)1(6)7/h2-7,11H,8-10H2,1H3,(H3,20,21)(H,22,25)(H,23,24);(H,6,7). The number of carbonyl (C=O) groups excluding carboxylic acids is 2. The topological polar surface area (TPSA) is 193 Å². The zero-order valence-corrected chi connectivity index (χ0v) is 18.2. The smallest absolute Gasteiger partial charge is 0.481 e. The molecule has 1 heterocycles. The molecule has 2 aromatic rings. The summed E-state index contributed by atoms with van der Waals surface area (Å²) in [7, 11) is 0. The summed E-state index contributed by atoms with van der Waals surface area (Å²) >= 11 is 0. The van der Waals surface area contributed by atoms with Crippen molar-refractivity contribution in [3.05, 3.63) is 53.5 Å². The molecule has 2 rings (SSSR count). The Hall–Kier alpha value is -4.36. The first kappa shape index (κ1) is 28.7. The number of alkyl halides is 3. The van der Waals surface area contributed by atoms with Crippen molar-refractivity contribution in [3.63, 3.8) is 0 Å². The van der Waals surface area contributed by atoms with Crippen molar-refractivity contribution in [3.8, 4) is 5.75 Å². The van der Waals surface area contributed by atoms with Crippen molar-refractivity contribution < 1.29 is 51.7 Å². The molecule has 0 fully saturated rings. The molecule has 0 spiro atoms. The van der Waals surface area contributed by atoms with E-state index in [1.54, 1.807) is 25.1 Å². The van der Waals surface area contributed by atoms with Crippen molar-refractivity contribution in [1.82, 2.24) is 5.32 Å². The maximum absolute atomic E-state index is 12.2. The molecule has 1 amide bonds. The summed E-state index contributed by atoms with van der Waals surface area (Å²) in [6.07, 6.45) is -4.98. The van der Waals surface area contributed by atoms with Crippen LogP contribution in [0.4, 0.5) is 13.2 Å². The normalized spacial score (nSPS) is 11.4. The number of nitrogens with two attached hydrogens (primary N) is 1. The molecule has 6 N–H and O–H groups in total. The number of nitrogen functional groups attached to an aromatic ring is 1. The number of amides is 1. The summed E-state index contributed by atoms with van der Waals surface area (Å²) in [4.78, 5) is 43.4. The Morgan fingerprint density at radius 1 is 1.11 bits per heavy atom. The number of rotatable bonds is 9. The summed E-state index contributed by atoms with van der Waals surface area (Å²) in [5, 5.41) is 25.6. The first-order valence-corrected chi connectivity index (χ1v) is 9.75. The molecule has 0 aliphatic rings. The van der Waals surface area contributed by atoms with Crippen molar-refractivity contribution in [2.45, 2.75) is 25.9 Å². The Morgan fingerprint density at radius 3 is 2.17 bits per heavy atom. The van der Waals surface area contributed by atoms with E-state index >= 15 is 0 Å². The van der Waals surface area contributed by atoms with Crippen molar-refractivity contribution in [2.75, 3.05) is 6.54 Å². The third-order valence-corrected chi connectivity index (χ3v) is 4.07. The van der Waals surface area contributed by atoms with Crippen LogP contribution in [0.3, 0.4) is 0 Å². The van der Waals surface area contributed by atoms with Gasteiger partial charge in [-0.05, 0) is 36.4 Å². The molecule has 0 radical (unpaired) electrons. The molecule has 0 aliphatic carbocycles. The van der Waals surface area contributed by atoms with Gasteiger partial charge in [-0.3, -0.25) is 15.0 Å². The second-order valence-corrected chi connectivity index (χ2v) is 6.94. The Bertz CT molecular complexity index is 1060. The first-order chi connectivity index (χ1) is 16.2. The maximum Gasteiger partial charge on any atom is 0.490 e. The molecule has 190 valence electrons. The summed E-state index contributed by atoms with van der Waals surface area (Å²) in [6.45, 7) is 1.73. The van der Waals surface area contributed by atoms with Gasteiger partial charge in [0.15, 0.2) is 0 Å². The zero-order chi connectivity index (χ0) is 26.8. The van der Waals surface area contributed by atoms with Crippen LogP contribution in [0.2, 0.25) is 0 Å². The summed E-state index contributed by atoms with van der Waals surface area (Å²) in [6, 6.07) is 9.18. The molecule has 1 aromatic heterocycles. The molecule has 11 nitrogen and oxygen atoms in total. The summed E-state index contributed by atoms with van der Waals surface area (Å²) < 4.78 is 42.4. The van der Waals surface area contributed by atoms with Gasteiger partial charge in [0, 0.05) is 24.4 Å². The van der Waals surface area contributed by atoms with Gasteiger partial charge in [0.25, 0.3) is 0 Å². The van der Waals surface area contributed by atoms with Crippen LogP contribution in [0.5, 0.6) is 5.75 Å². The Kier molecular flexibility index (Phi) is 10.5. The Morgan fingerprint density at radius 2 is 1.69 bits per heavy atom. The average Bonchev–Trinajstić information content (AvgIpc) is 3.22. The minimum absolute atomic E-state index is 0.0101. The number of carboxylic acid groups (broad SMARTS) is 2. The van der Waals surface area contributed by atoms with E-state index in [1.807, 2.05) is 0 Å². The zero-order valence-electron chi connectivity index (χ0n) is 18.2. The highest BCUT2D eigenvalue weighted by Crippen LogP contribution is 2.17. The van der Waals surface area contributed by atoms with Gasteiger partial charge in [-0.15, -0.1) is 0 Å². The predicted octanol–water partition coefficient (Wildman–Crippen LogP) is 2.19. The molecule has 0 saturated carbocycles. The number of benzene rings is 1. The van der Waals surface area contributed by atoms with Crippen LogP contribution in [0.1, 0.15) is 35.2 Å². The lowest BCUT2D eigenvalue weighted by molar-refractivity contribution is -0.192. The Labute approximate surface area is 196 Å². The summed E-state index contributed by atoms with van der Waals surface area (Å²) in [5.74, 6) is -4.58. The SMILES string of the molecule is CC(Cc1ccc(C(=O)Oc2ccc(C(=N)N)cc2)o1)C(=O)NCCC(=O)O.O=C(O)C(F)(F)F. The van der Waals surface area contributed by atoms with E-state index < -0.39 is 30.0 Å². The number of esters is 1. The van der Waals surface area contributed by atoms with Gasteiger partial charge >= 0.3 is 24.1 Å². The molecule has 0 bridgehead atoms. The number of amidine groups is 1. The second-order valence-electron chi connectivity index (χ2n) is 6.94. The van der Waals surface area contributed by atoms with Gasteiger partial charge in [0.1, 0.15) is 17.3 Å². The highest BCUT2D eigenvalue weighted by Gasteiger charge is 2.38. The lowest BCUT2D eigenvalue weighted by atomic mass is 10.1. The van der Waals surface area contributed by atoms with Crippen LogP contribution in [-0.2, 0) is 20.8 Å². The van der Waals surface area contributed by atoms with Crippen LogP contribution in [-0.4, -0.2) is 52.6 Å². The van der Waals surface area contributed by atoms with Crippen LogP contribution >= 0.6 is 0 Å². The molecule has 35 heavy (non-hydrogen) atoms. The average molecular weight is 501 g/mol. The molecular formula is C21H22F3N3O8. The van der Waals surface area contributed by atoms with Gasteiger partial charge in [0.2, 0.25) is 11.7 Å². The highest BCUT2D eigenvalue weighted by molar-refractivity contribution is 5.95. The number of carbonyl (C=O) groups is 4. The molecule has 14 heteroatoms. The Balaban J connectivity index is 0.000000762. The summed E-state index contributed by atoms with van der Waals surface area (Å²) in [5.41, 5.74) is 5.88. The number of carboxylic acids is 2. The van der Waals surface area contributed by atoms with E-state index in [0.29, 0.717) is 11.3 Å². The quantitative estimate of drug-likeness (QED) is 0.148. The maximum atomic E-state index is 12.2. The number of ether oxygens (including phenoxy) is 1. The van der Waals surface area contributed by atoms with Gasteiger partial charge in [-0.25, -0.2) is 9.59 Å². The lowest BCUT2D eigenvalue weighted by Crippen LogP contribution is -2.31. The van der Waals surface area contributed by atoms with Crippen LogP contribution in [0.15, 0.2) is 40.8 Å². The molecular weight excluding hydrogens is 479 g/mol. The van der Waals surface area contributed by atoms with E-state index in [4.69, 9.17) is 35.3 Å². The fourth-order valence-corrected chi connectivity index (χ4v) is 2.32. The lowest BCUT2D eigenvalue weighted by Gasteiger charge is -2.10. The van der Waals surface area contributed by atoms with E-state index in [2.05, 4.69) is 5.32 Å². The number of nitrogens with one attached hydrogen (secondary N) is 2. The number of halogens is 3. The predicted molar refractivity (Wildman–Crippen MR) is 113 cm³/mol. The minimum Gasteiger partial charge on any atom is -0.481 e. The number of aliphatic carboxylic acids is 2. The third-order valence-electron chi connectivity index (χ3n) is 4.07. The first-order valence-electron chi connectivity index (χ1n) is 9.75. The van der Waals surface area contributed by atoms with Crippen molar-refractivity contribution in [1.29, 1.82) is 5.41 Å². The molecule has 1 unspecified atom stereocenters. The van der Waals surface area contributed by atoms with Gasteiger partial charge in [0.05, 0.1) is 6.42 Å². The van der Waals surface area contributed by atoms with Crippen LogP contribution < -0.4 is 15.8 Å². The monoisotopic (exact) mass is 501 g/mol. The minimum atomic E-state index is -5.08. The molecule has 1 aromatic carbocycles. The fourth-order valence-electron chi connectivity index (χ4n) is 2.32. The van der Waals surface area contributed by atoms with Gasteiger partial charge < -0.3 is 30.4 Å². The van der Waals surface area contributed by atoms with E-state index in [9.17, 15) is 27.6 Å². The second kappa shape index (κ2) is 12.8. The van der Waals surface area contributed by atoms with Crippen molar-refractivity contribution in [2.24, 2.45) is 11.7 Å². The van der Waals surface area contributed by atoms with Gasteiger partial charge in [-0.1, -0.05) is 6.92 Å². The van der Waals surface area contributed by atoms with E-state index in [-0.39, 0.29) is 42.6 Å². The molecule has 1 atom stereocenters. The van der Waals surface area contributed by atoms with Crippen molar-refractivity contribution >= 4 is 29.7 Å².